The van der Waals surface area contributed by atoms with Gasteiger partial charge in [0.15, 0.2) is 0 Å². The van der Waals surface area contributed by atoms with Crippen molar-refractivity contribution in [2.24, 2.45) is 0 Å². The summed E-state index contributed by atoms with van der Waals surface area (Å²) in [5.74, 6) is 0. The average Bonchev–Trinajstić information content (AvgIpc) is 3.12. The molecule has 2 N–H and O–H groups in total. The third-order valence-corrected chi connectivity index (χ3v) is 9.77. The summed E-state index contributed by atoms with van der Waals surface area (Å²) in [5.41, 5.74) is 8.52. The fraction of sp³-hybridized carbons (Fsp3) is 0.0870. The number of rotatable bonds is 6. The Morgan fingerprint density at radius 1 is 0.396 bits per heavy atom. The van der Waals surface area contributed by atoms with Crippen molar-refractivity contribution in [2.45, 2.75) is 24.9 Å². The van der Waals surface area contributed by atoms with E-state index in [0.29, 0.717) is 0 Å². The Hall–Kier alpha value is -5.86. The highest BCUT2D eigenvalue weighted by atomic mass is 15.0. The maximum absolute atomic E-state index is 3.92. The lowest BCUT2D eigenvalue weighted by Crippen LogP contribution is -2.34. The van der Waals surface area contributed by atoms with Crippen LogP contribution in [-0.2, 0) is 11.1 Å². The summed E-state index contributed by atoms with van der Waals surface area (Å²) < 4.78 is 0. The Balaban J connectivity index is 1.25. The normalized spacial score (nSPS) is 22.0. The molecule has 0 amide bonds. The molecule has 0 fully saturated rings. The van der Waals surface area contributed by atoms with E-state index in [1.54, 1.807) is 0 Å². The molecular formula is C46H38N2. The lowest BCUT2D eigenvalue weighted by atomic mass is 9.75. The highest BCUT2D eigenvalue weighted by Gasteiger charge is 2.35. The van der Waals surface area contributed by atoms with Crippen molar-refractivity contribution in [3.63, 3.8) is 0 Å². The molecule has 0 bridgehead atoms. The van der Waals surface area contributed by atoms with Gasteiger partial charge in [-0.25, -0.2) is 0 Å². The Morgan fingerprint density at radius 2 is 0.771 bits per heavy atom. The van der Waals surface area contributed by atoms with Gasteiger partial charge in [0.2, 0.25) is 0 Å². The summed E-state index contributed by atoms with van der Waals surface area (Å²) in [6.07, 6.45) is 14.1. The van der Waals surface area contributed by atoms with Crippen LogP contribution in [0.25, 0.3) is 21.5 Å². The Labute approximate surface area is 283 Å². The van der Waals surface area contributed by atoms with Gasteiger partial charge in [-0.3, -0.25) is 0 Å². The lowest BCUT2D eigenvalue weighted by molar-refractivity contribution is 0.764. The quantitative estimate of drug-likeness (QED) is 0.194. The fourth-order valence-corrected chi connectivity index (χ4v) is 7.55. The summed E-state index contributed by atoms with van der Waals surface area (Å²) in [4.78, 5) is 0. The third-order valence-electron chi connectivity index (χ3n) is 9.77. The first kappa shape index (κ1) is 29.5. The highest BCUT2D eigenvalue weighted by molar-refractivity contribution is 5.89. The number of fused-ring (bicyclic) bond motifs is 2. The fourth-order valence-electron chi connectivity index (χ4n) is 7.55. The molecule has 2 aliphatic carbocycles. The first-order valence-electron chi connectivity index (χ1n) is 16.7. The van der Waals surface area contributed by atoms with Crippen LogP contribution in [0.1, 0.15) is 25.0 Å². The first-order valence-corrected chi connectivity index (χ1v) is 16.7. The molecule has 2 heteroatoms. The van der Waals surface area contributed by atoms with Crippen molar-refractivity contribution in [2.75, 3.05) is 10.6 Å². The summed E-state index contributed by atoms with van der Waals surface area (Å²) in [6, 6.07) is 51.6. The van der Waals surface area contributed by atoms with E-state index in [4.69, 9.17) is 0 Å². The van der Waals surface area contributed by atoms with Crippen molar-refractivity contribution >= 4 is 32.9 Å². The van der Waals surface area contributed by atoms with Gasteiger partial charge in [0, 0.05) is 11.4 Å². The van der Waals surface area contributed by atoms with Gasteiger partial charge in [-0.1, -0.05) is 146 Å². The monoisotopic (exact) mass is 618 g/mol. The molecule has 8 rings (SSSR count). The zero-order chi connectivity index (χ0) is 32.6. The van der Waals surface area contributed by atoms with E-state index in [1.807, 2.05) is 0 Å². The lowest BCUT2D eigenvalue weighted by Gasteiger charge is -2.37. The molecule has 0 radical (unpaired) electrons. The Bertz CT molecular complexity index is 2130. The first-order chi connectivity index (χ1) is 23.5. The molecule has 2 aliphatic rings. The van der Waals surface area contributed by atoms with Crippen LogP contribution < -0.4 is 10.6 Å². The topological polar surface area (TPSA) is 24.1 Å². The standard InChI is InChI=1S/C46H38N2/c1-33-31-45(47-37-19-5-3-6-20-37,43-25-13-17-35-15-9-11-23-41(35)43)29-27-39(33)40-28-30-46(32-34(40)2,48-38-21-7-4-8-22-38)44-26-14-18-36-16-10-12-24-42(36)44/h3-32,47-48H,1-2H3. The molecule has 0 aliphatic heterocycles. The van der Waals surface area contributed by atoms with Crippen LogP contribution >= 0.6 is 0 Å². The summed E-state index contributed by atoms with van der Waals surface area (Å²) in [7, 11) is 0. The van der Waals surface area contributed by atoms with E-state index in [0.717, 1.165) is 11.4 Å². The van der Waals surface area contributed by atoms with Crippen LogP contribution in [0.3, 0.4) is 0 Å². The highest BCUT2D eigenvalue weighted by Crippen LogP contribution is 2.44. The van der Waals surface area contributed by atoms with Crippen LogP contribution in [0.4, 0.5) is 11.4 Å². The second kappa shape index (κ2) is 12.1. The van der Waals surface area contributed by atoms with E-state index < -0.39 is 11.1 Å². The van der Waals surface area contributed by atoms with Crippen molar-refractivity contribution in [3.8, 4) is 0 Å². The van der Waals surface area contributed by atoms with Crippen molar-refractivity contribution in [1.82, 2.24) is 0 Å². The molecule has 6 aromatic rings. The smallest absolute Gasteiger partial charge is 0.101 e. The SMILES string of the molecule is CC1=CC(Nc2ccccc2)(c2cccc3ccccc23)C=CC1=C1C=CC(Nc2ccccc2)(c2cccc3ccccc23)C=C1C. The number of allylic oxidation sites excluding steroid dienone is 6. The van der Waals surface area contributed by atoms with Gasteiger partial charge >= 0.3 is 0 Å². The van der Waals surface area contributed by atoms with E-state index in [1.165, 1.54) is 55.0 Å². The van der Waals surface area contributed by atoms with Gasteiger partial charge in [-0.05, 0) is 105 Å². The number of anilines is 2. The number of nitrogens with one attached hydrogen (secondary N) is 2. The van der Waals surface area contributed by atoms with E-state index >= 15 is 0 Å². The van der Waals surface area contributed by atoms with Crippen molar-refractivity contribution in [1.29, 1.82) is 0 Å². The van der Waals surface area contributed by atoms with Gasteiger partial charge < -0.3 is 10.6 Å². The van der Waals surface area contributed by atoms with Gasteiger partial charge in [-0.2, -0.15) is 0 Å². The second-order valence-corrected chi connectivity index (χ2v) is 12.9. The zero-order valence-corrected chi connectivity index (χ0v) is 27.3. The van der Waals surface area contributed by atoms with Gasteiger partial charge in [0.05, 0.1) is 0 Å². The van der Waals surface area contributed by atoms with Gasteiger partial charge in [-0.15, -0.1) is 0 Å². The molecule has 0 spiro atoms. The van der Waals surface area contributed by atoms with E-state index in [9.17, 15) is 0 Å². The molecule has 0 saturated heterocycles. The van der Waals surface area contributed by atoms with Crippen molar-refractivity contribution < 1.29 is 0 Å². The number of benzene rings is 6. The largest absolute Gasteiger partial charge is 0.369 e. The molecule has 2 atom stereocenters. The van der Waals surface area contributed by atoms with E-state index in [2.05, 4.69) is 207 Å². The van der Waals surface area contributed by atoms with Crippen LogP contribution in [0.15, 0.2) is 204 Å². The zero-order valence-electron chi connectivity index (χ0n) is 27.3. The molecule has 0 aromatic heterocycles. The Kier molecular flexibility index (Phi) is 7.42. The predicted octanol–water partition coefficient (Wildman–Crippen LogP) is 11.6. The van der Waals surface area contributed by atoms with Crippen LogP contribution in [0, 0.1) is 0 Å². The molecule has 2 nitrogen and oxygen atoms in total. The molecule has 0 saturated carbocycles. The van der Waals surface area contributed by atoms with Crippen LogP contribution in [0.5, 0.6) is 0 Å². The summed E-state index contributed by atoms with van der Waals surface area (Å²) in [5, 5.41) is 12.8. The summed E-state index contributed by atoms with van der Waals surface area (Å²) >= 11 is 0. The average molecular weight is 619 g/mol. The number of para-hydroxylation sites is 2. The number of hydrogen-bond donors (Lipinski definition) is 2. The predicted molar refractivity (Wildman–Crippen MR) is 204 cm³/mol. The molecule has 232 valence electrons. The maximum atomic E-state index is 3.92. The Morgan fingerprint density at radius 3 is 1.19 bits per heavy atom. The van der Waals surface area contributed by atoms with Gasteiger partial charge in [0.1, 0.15) is 11.1 Å². The second-order valence-electron chi connectivity index (χ2n) is 12.9. The molecule has 48 heavy (non-hydrogen) atoms. The minimum absolute atomic E-state index is 0.520. The molecule has 2 unspecified atom stereocenters. The maximum Gasteiger partial charge on any atom is 0.101 e. The minimum atomic E-state index is -0.520. The summed E-state index contributed by atoms with van der Waals surface area (Å²) in [6.45, 7) is 4.49. The molecule has 0 heterocycles. The van der Waals surface area contributed by atoms with Crippen LogP contribution in [0.2, 0.25) is 0 Å². The molecule has 6 aromatic carbocycles. The minimum Gasteiger partial charge on any atom is -0.369 e. The van der Waals surface area contributed by atoms with Gasteiger partial charge in [0.25, 0.3) is 0 Å². The molecular weight excluding hydrogens is 581 g/mol. The van der Waals surface area contributed by atoms with E-state index in [-0.39, 0.29) is 0 Å². The third kappa shape index (κ3) is 5.26. The number of hydrogen-bond acceptors (Lipinski definition) is 2. The van der Waals surface area contributed by atoms with Crippen LogP contribution in [-0.4, -0.2) is 0 Å². The van der Waals surface area contributed by atoms with Crippen molar-refractivity contribution in [3.05, 3.63) is 215 Å².